The lowest BCUT2D eigenvalue weighted by Crippen LogP contribution is -2.51. The number of benzene rings is 3. The summed E-state index contributed by atoms with van der Waals surface area (Å²) in [5.41, 5.74) is 2.86. The Balaban J connectivity index is 1.79. The number of hydrogen-bond donors (Lipinski definition) is 0. The fraction of sp³-hybridized carbons (Fsp3) is 0.286. The van der Waals surface area contributed by atoms with Gasteiger partial charge in [0.25, 0.3) is 0 Å². The van der Waals surface area contributed by atoms with Gasteiger partial charge in [-0.05, 0) is 41.8 Å². The molecule has 3 aromatic carbocycles. The fourth-order valence-corrected chi connectivity index (χ4v) is 7.05. The molecule has 0 aromatic heterocycles. The zero-order chi connectivity index (χ0) is 20.6. The van der Waals surface area contributed by atoms with E-state index in [1.807, 2.05) is 0 Å². The minimum absolute atomic E-state index is 0.209. The molecular weight excluding hydrogens is 364 g/mol. The highest BCUT2D eigenvalue weighted by atomic mass is 28.3. The molecule has 150 valence electrons. The molecule has 0 spiro atoms. The van der Waals surface area contributed by atoms with E-state index in [2.05, 4.69) is 123 Å². The lowest BCUT2D eigenvalue weighted by Gasteiger charge is -2.42. The van der Waals surface area contributed by atoms with Crippen molar-refractivity contribution in [2.75, 3.05) is 0 Å². The monoisotopic (exact) mass is 398 g/mol. The van der Waals surface area contributed by atoms with Crippen molar-refractivity contribution in [3.8, 4) is 0 Å². The quantitative estimate of drug-likeness (QED) is 0.264. The Kier molecular flexibility index (Phi) is 7.27. The van der Waals surface area contributed by atoms with Gasteiger partial charge in [0, 0.05) is 0 Å². The van der Waals surface area contributed by atoms with E-state index in [4.69, 9.17) is 0 Å². The van der Waals surface area contributed by atoms with Crippen LogP contribution in [0.2, 0.25) is 18.1 Å². The Morgan fingerprint density at radius 2 is 1.17 bits per heavy atom. The summed E-state index contributed by atoms with van der Waals surface area (Å²) < 4.78 is 0. The average molecular weight is 399 g/mol. The van der Waals surface area contributed by atoms with Crippen molar-refractivity contribution in [1.82, 2.24) is 0 Å². The van der Waals surface area contributed by atoms with Crippen LogP contribution in [-0.2, 0) is 12.8 Å². The molecule has 0 unspecified atom stereocenters. The Morgan fingerprint density at radius 1 is 0.690 bits per heavy atom. The number of hydrogen-bond acceptors (Lipinski definition) is 0. The SMILES string of the molecule is C[C@@](/C=C/CCc1ccccc1)(CCc1ccccc1)[Si](C)(C)c1ccccc1. The Labute approximate surface area is 178 Å². The van der Waals surface area contributed by atoms with Crippen LogP contribution < -0.4 is 5.19 Å². The van der Waals surface area contributed by atoms with Crippen molar-refractivity contribution >= 4 is 13.3 Å². The van der Waals surface area contributed by atoms with Crippen LogP contribution in [-0.4, -0.2) is 8.07 Å². The molecular formula is C28H34Si. The van der Waals surface area contributed by atoms with Crippen LogP contribution in [0.25, 0.3) is 0 Å². The Bertz CT molecular complexity index is 881. The summed E-state index contributed by atoms with van der Waals surface area (Å²) in [5, 5.41) is 1.75. The molecule has 3 rings (SSSR count). The van der Waals surface area contributed by atoms with Gasteiger partial charge >= 0.3 is 0 Å². The second-order valence-electron chi connectivity index (χ2n) is 8.82. The zero-order valence-corrected chi connectivity index (χ0v) is 19.1. The van der Waals surface area contributed by atoms with Gasteiger partial charge in [-0.1, -0.05) is 128 Å². The summed E-state index contributed by atoms with van der Waals surface area (Å²) in [6.07, 6.45) is 9.52. The highest BCUT2D eigenvalue weighted by molar-refractivity contribution is 6.92. The third kappa shape index (κ3) is 5.58. The molecule has 0 saturated heterocycles. The van der Waals surface area contributed by atoms with Gasteiger partial charge in [0.15, 0.2) is 0 Å². The van der Waals surface area contributed by atoms with Crippen LogP contribution in [0.4, 0.5) is 0 Å². The van der Waals surface area contributed by atoms with Gasteiger partial charge < -0.3 is 0 Å². The molecule has 0 saturated carbocycles. The normalized spacial score (nSPS) is 14.0. The molecule has 0 bridgehead atoms. The molecule has 0 nitrogen and oxygen atoms in total. The van der Waals surface area contributed by atoms with Crippen LogP contribution in [0.5, 0.6) is 0 Å². The summed E-state index contributed by atoms with van der Waals surface area (Å²) in [6.45, 7) is 7.57. The van der Waals surface area contributed by atoms with E-state index >= 15 is 0 Å². The molecule has 0 heterocycles. The van der Waals surface area contributed by atoms with E-state index in [1.165, 1.54) is 17.5 Å². The van der Waals surface area contributed by atoms with E-state index in [0.29, 0.717) is 0 Å². The maximum Gasteiger partial charge on any atom is 0.0901 e. The summed E-state index contributed by atoms with van der Waals surface area (Å²) in [5.74, 6) is 0. The van der Waals surface area contributed by atoms with Gasteiger partial charge in [-0.2, -0.15) is 0 Å². The lowest BCUT2D eigenvalue weighted by molar-refractivity contribution is 0.644. The minimum Gasteiger partial charge on any atom is -0.0879 e. The summed E-state index contributed by atoms with van der Waals surface area (Å²) in [6, 6.07) is 32.9. The van der Waals surface area contributed by atoms with Crippen LogP contribution in [0, 0.1) is 0 Å². The molecule has 0 radical (unpaired) electrons. The molecule has 0 aliphatic rings. The smallest absolute Gasteiger partial charge is 0.0879 e. The Morgan fingerprint density at radius 3 is 1.72 bits per heavy atom. The number of allylic oxidation sites excluding steroid dienone is 2. The first-order valence-corrected chi connectivity index (χ1v) is 13.8. The van der Waals surface area contributed by atoms with Crippen molar-refractivity contribution in [3.63, 3.8) is 0 Å². The minimum atomic E-state index is -1.70. The van der Waals surface area contributed by atoms with Crippen LogP contribution in [0.15, 0.2) is 103 Å². The van der Waals surface area contributed by atoms with E-state index in [1.54, 1.807) is 5.19 Å². The first-order chi connectivity index (χ1) is 14.0. The molecule has 1 heteroatoms. The highest BCUT2D eigenvalue weighted by Crippen LogP contribution is 2.43. The van der Waals surface area contributed by atoms with Crippen molar-refractivity contribution in [3.05, 3.63) is 114 Å². The van der Waals surface area contributed by atoms with Crippen LogP contribution in [0.3, 0.4) is 0 Å². The maximum absolute atomic E-state index is 2.55. The molecule has 29 heavy (non-hydrogen) atoms. The summed E-state index contributed by atoms with van der Waals surface area (Å²) >= 11 is 0. The molecule has 0 aliphatic heterocycles. The van der Waals surface area contributed by atoms with Gasteiger partial charge in [-0.3, -0.25) is 0 Å². The van der Waals surface area contributed by atoms with Gasteiger partial charge in [0.1, 0.15) is 0 Å². The third-order valence-corrected chi connectivity index (χ3v) is 11.7. The molecule has 0 fully saturated rings. The predicted molar refractivity (Wildman–Crippen MR) is 131 cm³/mol. The zero-order valence-electron chi connectivity index (χ0n) is 18.1. The summed E-state index contributed by atoms with van der Waals surface area (Å²) in [4.78, 5) is 0. The second kappa shape index (κ2) is 9.89. The maximum atomic E-state index is 2.55. The molecule has 3 aromatic rings. The van der Waals surface area contributed by atoms with Crippen LogP contribution >= 0.6 is 0 Å². The average Bonchev–Trinajstić information content (AvgIpc) is 2.77. The second-order valence-corrected chi connectivity index (χ2v) is 13.8. The molecule has 0 amide bonds. The van der Waals surface area contributed by atoms with E-state index < -0.39 is 8.07 Å². The number of rotatable bonds is 9. The summed E-state index contributed by atoms with van der Waals surface area (Å²) in [7, 11) is -1.70. The largest absolute Gasteiger partial charge is 0.0901 e. The fourth-order valence-electron chi connectivity index (χ4n) is 4.08. The highest BCUT2D eigenvalue weighted by Gasteiger charge is 2.41. The third-order valence-electron chi connectivity index (χ3n) is 6.63. The van der Waals surface area contributed by atoms with Gasteiger partial charge in [0.2, 0.25) is 0 Å². The van der Waals surface area contributed by atoms with E-state index in [9.17, 15) is 0 Å². The van der Waals surface area contributed by atoms with Crippen molar-refractivity contribution in [1.29, 1.82) is 0 Å². The standard InChI is InChI=1S/C28H34Si/c1-28(24-22-26-17-9-5-10-18-26,29(2,3)27-20-11-6-12-21-27)23-14-13-19-25-15-7-4-8-16-25/h4-12,14-18,20-21,23H,13,19,22,24H2,1-3H3/b23-14+/t28-/m1/s1. The van der Waals surface area contributed by atoms with E-state index in [0.717, 1.165) is 19.3 Å². The van der Waals surface area contributed by atoms with Gasteiger partial charge in [0.05, 0.1) is 8.07 Å². The van der Waals surface area contributed by atoms with Crippen molar-refractivity contribution in [2.24, 2.45) is 0 Å². The predicted octanol–water partition coefficient (Wildman–Crippen LogP) is 7.18. The van der Waals surface area contributed by atoms with Gasteiger partial charge in [-0.25, -0.2) is 0 Å². The molecule has 1 atom stereocenters. The van der Waals surface area contributed by atoms with Gasteiger partial charge in [-0.15, -0.1) is 0 Å². The van der Waals surface area contributed by atoms with Crippen LogP contribution in [0.1, 0.15) is 30.9 Å². The topological polar surface area (TPSA) is 0 Å². The number of aryl methyl sites for hydroxylation is 2. The van der Waals surface area contributed by atoms with E-state index in [-0.39, 0.29) is 5.04 Å². The molecule has 0 N–H and O–H groups in total. The Hall–Kier alpha value is -2.38. The first-order valence-electron chi connectivity index (χ1n) is 10.8. The lowest BCUT2D eigenvalue weighted by atomic mass is 9.98. The first kappa shape index (κ1) is 21.3. The van der Waals surface area contributed by atoms with Crippen molar-refractivity contribution < 1.29 is 0 Å². The molecule has 0 aliphatic carbocycles. The van der Waals surface area contributed by atoms with Crippen molar-refractivity contribution in [2.45, 2.75) is 50.7 Å².